The summed E-state index contributed by atoms with van der Waals surface area (Å²) in [5.41, 5.74) is 9.78. The number of nitrogens with zero attached hydrogens (tertiary/aromatic N) is 3. The third-order valence-electron chi connectivity index (χ3n) is 6.50. The van der Waals surface area contributed by atoms with E-state index < -0.39 is 18.4 Å². The Kier molecular flexibility index (Phi) is 6.75. The number of amides is 1. The number of rotatable bonds is 7. The lowest BCUT2D eigenvalue weighted by atomic mass is 10.0. The molecular weight excluding hydrogens is 490 g/mol. The van der Waals surface area contributed by atoms with Gasteiger partial charge in [-0.3, -0.25) is 14.6 Å². The van der Waals surface area contributed by atoms with E-state index in [4.69, 9.17) is 10.2 Å². The van der Waals surface area contributed by atoms with E-state index in [9.17, 15) is 18.4 Å². The normalized spacial score (nSPS) is 15.0. The second-order valence-corrected chi connectivity index (χ2v) is 9.51. The maximum Gasteiger partial charge on any atom is 0.267 e. The fraction of sp³-hybridized carbons (Fsp3) is 0.241. The quantitative estimate of drug-likeness (QED) is 0.327. The fourth-order valence-corrected chi connectivity index (χ4v) is 4.47. The number of fused-ring (bicyclic) bond motifs is 1. The second kappa shape index (κ2) is 10.2. The van der Waals surface area contributed by atoms with Crippen LogP contribution in [0.4, 0.5) is 14.6 Å². The Morgan fingerprint density at radius 2 is 1.97 bits per heavy atom. The van der Waals surface area contributed by atoms with Gasteiger partial charge in [0.15, 0.2) is 5.78 Å². The number of likely N-dealkylation sites (tertiary alicyclic amines) is 1. The van der Waals surface area contributed by atoms with Crippen molar-refractivity contribution in [2.45, 2.75) is 32.1 Å². The summed E-state index contributed by atoms with van der Waals surface area (Å²) < 4.78 is 33.0. The molecule has 194 valence electrons. The average molecular weight is 517 g/mol. The summed E-state index contributed by atoms with van der Waals surface area (Å²) >= 11 is 0. The third kappa shape index (κ3) is 5.61. The van der Waals surface area contributed by atoms with Crippen molar-refractivity contribution in [1.29, 1.82) is 0 Å². The van der Waals surface area contributed by atoms with Gasteiger partial charge in [0.05, 0.1) is 17.8 Å². The van der Waals surface area contributed by atoms with Crippen LogP contribution in [0.15, 0.2) is 65.4 Å². The highest BCUT2D eigenvalue weighted by Gasteiger charge is 2.40. The van der Waals surface area contributed by atoms with E-state index >= 15 is 0 Å². The van der Waals surface area contributed by atoms with Gasteiger partial charge in [0, 0.05) is 49.2 Å². The lowest BCUT2D eigenvalue weighted by molar-refractivity contribution is -0.114. The summed E-state index contributed by atoms with van der Waals surface area (Å²) in [4.78, 5) is 34.5. The van der Waals surface area contributed by atoms with Crippen LogP contribution in [0.2, 0.25) is 0 Å². The molecular formula is C29H26F2N4O3. The molecule has 0 bridgehead atoms. The molecule has 0 aliphatic carbocycles. The second-order valence-electron chi connectivity index (χ2n) is 9.51. The van der Waals surface area contributed by atoms with Crippen molar-refractivity contribution in [2.24, 2.45) is 0 Å². The van der Waals surface area contributed by atoms with Gasteiger partial charge in [0.1, 0.15) is 17.2 Å². The molecule has 1 aliphatic rings. The van der Waals surface area contributed by atoms with E-state index in [2.05, 4.69) is 9.97 Å². The van der Waals surface area contributed by atoms with E-state index in [-0.39, 0.29) is 24.3 Å². The number of benzene rings is 1. The van der Waals surface area contributed by atoms with Crippen molar-refractivity contribution in [3.8, 4) is 11.3 Å². The molecule has 0 saturated carbocycles. The number of pyridine rings is 2. The number of halogens is 2. The molecule has 2 N–H and O–H groups in total. The highest BCUT2D eigenvalue weighted by atomic mass is 19.3. The zero-order valence-electron chi connectivity index (χ0n) is 20.8. The van der Waals surface area contributed by atoms with Gasteiger partial charge in [0.25, 0.3) is 11.8 Å². The molecule has 1 aromatic carbocycles. The minimum absolute atomic E-state index is 0.0313. The summed E-state index contributed by atoms with van der Waals surface area (Å²) in [7, 11) is 0. The van der Waals surface area contributed by atoms with Crippen LogP contribution >= 0.6 is 0 Å². The van der Waals surface area contributed by atoms with Gasteiger partial charge < -0.3 is 15.1 Å². The first kappa shape index (κ1) is 25.3. The Bertz CT molecular complexity index is 1530. The first-order valence-corrected chi connectivity index (χ1v) is 12.3. The first-order valence-electron chi connectivity index (χ1n) is 12.3. The summed E-state index contributed by atoms with van der Waals surface area (Å²) in [6.07, 6.45) is 6.69. The van der Waals surface area contributed by atoms with Gasteiger partial charge in [-0.05, 0) is 72.7 Å². The number of carbonyl (C=O) groups excluding carboxylic acids is 2. The molecule has 0 unspecified atom stereocenters. The van der Waals surface area contributed by atoms with E-state index in [1.807, 2.05) is 25.1 Å². The van der Waals surface area contributed by atoms with Gasteiger partial charge in [-0.25, -0.2) is 13.8 Å². The summed E-state index contributed by atoms with van der Waals surface area (Å²) in [5.74, 6) is -2.18. The Hall–Kier alpha value is -4.40. The number of allylic oxidation sites excluding steroid dienone is 1. The smallest absolute Gasteiger partial charge is 0.267 e. The lowest BCUT2D eigenvalue weighted by Crippen LogP contribution is -2.31. The summed E-state index contributed by atoms with van der Waals surface area (Å²) in [6, 6.07) is 12.6. The topological polar surface area (TPSA) is 102 Å². The van der Waals surface area contributed by atoms with E-state index in [1.165, 1.54) is 12.3 Å². The Morgan fingerprint density at radius 1 is 1.13 bits per heavy atom. The number of hydrogen-bond donors (Lipinski definition) is 1. The van der Waals surface area contributed by atoms with Crippen molar-refractivity contribution < 1.29 is 22.8 Å². The Balaban J connectivity index is 1.26. The third-order valence-corrected chi connectivity index (χ3v) is 6.50. The van der Waals surface area contributed by atoms with Crippen molar-refractivity contribution in [3.05, 3.63) is 83.4 Å². The number of carbonyl (C=O) groups is 2. The molecule has 4 aromatic rings. The highest BCUT2D eigenvalue weighted by molar-refractivity contribution is 5.95. The largest absolute Gasteiger partial charge is 0.461 e. The predicted molar refractivity (Wildman–Crippen MR) is 141 cm³/mol. The minimum atomic E-state index is -2.83. The van der Waals surface area contributed by atoms with Crippen molar-refractivity contribution in [3.63, 3.8) is 0 Å². The number of hydrogen-bond acceptors (Lipinski definition) is 6. The number of aromatic nitrogens is 2. The van der Waals surface area contributed by atoms with Crippen LogP contribution in [0.3, 0.4) is 0 Å². The average Bonchev–Trinajstić information content (AvgIpc) is 3.49. The van der Waals surface area contributed by atoms with Gasteiger partial charge in [-0.15, -0.1) is 0 Å². The zero-order chi connectivity index (χ0) is 26.9. The molecule has 38 heavy (non-hydrogen) atoms. The van der Waals surface area contributed by atoms with Crippen LogP contribution in [0.5, 0.6) is 0 Å². The van der Waals surface area contributed by atoms with Crippen LogP contribution in [0.1, 0.15) is 40.1 Å². The molecule has 1 saturated heterocycles. The molecule has 4 heterocycles. The van der Waals surface area contributed by atoms with E-state index in [0.29, 0.717) is 30.1 Å². The number of ketones is 1. The fourth-order valence-electron chi connectivity index (χ4n) is 4.47. The number of alkyl halides is 2. The molecule has 9 heteroatoms. The van der Waals surface area contributed by atoms with Crippen LogP contribution in [0.25, 0.3) is 28.3 Å². The van der Waals surface area contributed by atoms with Crippen molar-refractivity contribution in [2.75, 3.05) is 18.8 Å². The van der Waals surface area contributed by atoms with Gasteiger partial charge >= 0.3 is 0 Å². The van der Waals surface area contributed by atoms with Crippen LogP contribution in [-0.4, -0.2) is 45.6 Å². The van der Waals surface area contributed by atoms with Crippen LogP contribution in [0, 0.1) is 6.92 Å². The van der Waals surface area contributed by atoms with Crippen LogP contribution in [-0.2, 0) is 11.2 Å². The van der Waals surface area contributed by atoms with Gasteiger partial charge in [-0.2, -0.15) is 0 Å². The number of nitrogen functional groups attached to an aromatic ring is 1. The molecule has 1 amide bonds. The molecule has 0 spiro atoms. The molecule has 1 aliphatic heterocycles. The molecule has 0 atom stereocenters. The molecule has 0 radical (unpaired) electrons. The summed E-state index contributed by atoms with van der Waals surface area (Å²) in [5, 5.41) is 0.882. The van der Waals surface area contributed by atoms with E-state index in [0.717, 1.165) is 32.6 Å². The zero-order valence-corrected chi connectivity index (χ0v) is 20.8. The molecule has 5 rings (SSSR count). The van der Waals surface area contributed by atoms with Gasteiger partial charge in [0.2, 0.25) is 0 Å². The maximum atomic E-state index is 13.5. The number of furan rings is 1. The lowest BCUT2D eigenvalue weighted by Gasteiger charge is -2.16. The number of nitrogens with two attached hydrogens (primary N) is 1. The van der Waals surface area contributed by atoms with Crippen molar-refractivity contribution >= 4 is 34.6 Å². The Labute approximate surface area is 218 Å². The number of anilines is 1. The molecule has 3 aromatic heterocycles. The SMILES string of the molecule is Cc1cc(-c2ccc(C(=O)N3CCC(F)(F)C3)cn2)cc2cc(CCC(=O)/C=C/c3ccc(N)nc3)oc12. The predicted octanol–water partition coefficient (Wildman–Crippen LogP) is 5.48. The molecule has 7 nitrogen and oxygen atoms in total. The van der Waals surface area contributed by atoms with Crippen molar-refractivity contribution in [1.82, 2.24) is 14.9 Å². The summed E-state index contributed by atoms with van der Waals surface area (Å²) in [6.45, 7) is 1.40. The van der Waals surface area contributed by atoms with Gasteiger partial charge in [-0.1, -0.05) is 0 Å². The maximum absolute atomic E-state index is 13.5. The minimum Gasteiger partial charge on any atom is -0.461 e. The first-order chi connectivity index (χ1) is 18.2. The number of aryl methyl sites for hydroxylation is 2. The van der Waals surface area contributed by atoms with E-state index in [1.54, 1.807) is 36.5 Å². The highest BCUT2D eigenvalue weighted by Crippen LogP contribution is 2.31. The molecule has 1 fully saturated rings. The Morgan fingerprint density at radius 3 is 2.66 bits per heavy atom. The monoisotopic (exact) mass is 516 g/mol. The van der Waals surface area contributed by atoms with Crippen LogP contribution < -0.4 is 5.73 Å². The standard InChI is InChI=1S/C29H26F2N4O3/c1-18-12-21(25-8-4-20(16-33-25)28(37)35-11-10-29(30,31)17-35)13-22-14-24(38-27(18)22)7-6-23(36)5-2-19-3-9-26(32)34-15-19/h2-5,8-9,12-16H,6-7,10-11,17H2,1H3,(H2,32,34)/b5-2+.